The molecule has 1 aromatic heterocycles. The van der Waals surface area contributed by atoms with Gasteiger partial charge in [0.2, 0.25) is 0 Å². The van der Waals surface area contributed by atoms with Crippen molar-refractivity contribution in [1.82, 2.24) is 4.98 Å². The van der Waals surface area contributed by atoms with Crippen LogP contribution in [-0.4, -0.2) is 9.97 Å². The Morgan fingerprint density at radius 3 is 2.82 bits per heavy atom. The van der Waals surface area contributed by atoms with Gasteiger partial charge < -0.3 is 10.5 Å². The molecule has 0 saturated carbocycles. The van der Waals surface area contributed by atoms with E-state index in [0.717, 1.165) is 11.1 Å². The number of hydrogen-bond donors (Lipinski definition) is 1. The molecule has 17 heavy (non-hydrogen) atoms. The van der Waals surface area contributed by atoms with Crippen LogP contribution in [0.4, 0.5) is 0 Å². The zero-order valence-electron chi connectivity index (χ0n) is 9.38. The molecule has 0 spiro atoms. The fourth-order valence-electron chi connectivity index (χ4n) is 1.45. The zero-order valence-corrected chi connectivity index (χ0v) is 10.2. The van der Waals surface area contributed by atoms with Gasteiger partial charge in [-0.25, -0.2) is 0 Å². The maximum absolute atomic E-state index is 5.72. The van der Waals surface area contributed by atoms with Crippen LogP contribution in [0.15, 0.2) is 42.7 Å². The van der Waals surface area contributed by atoms with Gasteiger partial charge in [-0.3, -0.25) is 4.98 Å². The molecular formula is C13H12N2OS. The third-order valence-corrected chi connectivity index (χ3v) is 2.48. The number of nitrogens with two attached hydrogens (primary N) is 1. The van der Waals surface area contributed by atoms with Gasteiger partial charge in [0.05, 0.1) is 11.8 Å². The SMILES string of the molecule is Cc1ccc(C(N)=S)c(Oc2cccnc2)c1. The van der Waals surface area contributed by atoms with E-state index in [1.54, 1.807) is 12.4 Å². The van der Waals surface area contributed by atoms with Gasteiger partial charge in [0.25, 0.3) is 0 Å². The average molecular weight is 244 g/mol. The van der Waals surface area contributed by atoms with Crippen molar-refractivity contribution in [3.05, 3.63) is 53.9 Å². The van der Waals surface area contributed by atoms with E-state index in [9.17, 15) is 0 Å². The summed E-state index contributed by atoms with van der Waals surface area (Å²) < 4.78 is 5.72. The Morgan fingerprint density at radius 1 is 1.35 bits per heavy atom. The van der Waals surface area contributed by atoms with Crippen molar-refractivity contribution in [2.24, 2.45) is 5.73 Å². The van der Waals surface area contributed by atoms with Crippen LogP contribution in [0, 0.1) is 6.92 Å². The minimum absolute atomic E-state index is 0.323. The average Bonchev–Trinajstić information content (AvgIpc) is 2.30. The van der Waals surface area contributed by atoms with E-state index in [-0.39, 0.29) is 0 Å². The summed E-state index contributed by atoms with van der Waals surface area (Å²) in [5.74, 6) is 1.32. The van der Waals surface area contributed by atoms with Crippen LogP contribution in [-0.2, 0) is 0 Å². The minimum atomic E-state index is 0.323. The van der Waals surface area contributed by atoms with E-state index in [2.05, 4.69) is 4.98 Å². The Labute approximate surface area is 105 Å². The second-order valence-electron chi connectivity index (χ2n) is 3.65. The van der Waals surface area contributed by atoms with Crippen LogP contribution in [0.3, 0.4) is 0 Å². The van der Waals surface area contributed by atoms with Crippen LogP contribution in [0.2, 0.25) is 0 Å². The van der Waals surface area contributed by atoms with Gasteiger partial charge in [-0.2, -0.15) is 0 Å². The van der Waals surface area contributed by atoms with Crippen LogP contribution in [0.5, 0.6) is 11.5 Å². The van der Waals surface area contributed by atoms with Crippen molar-refractivity contribution in [3.63, 3.8) is 0 Å². The van der Waals surface area contributed by atoms with E-state index in [1.807, 2.05) is 37.3 Å². The smallest absolute Gasteiger partial charge is 0.145 e. The lowest BCUT2D eigenvalue weighted by Gasteiger charge is -2.10. The predicted octanol–water partition coefficient (Wildman–Crippen LogP) is 2.82. The molecule has 0 aliphatic heterocycles. The first kappa shape index (κ1) is 11.5. The summed E-state index contributed by atoms with van der Waals surface area (Å²) in [5, 5.41) is 0. The maximum atomic E-state index is 5.72. The quantitative estimate of drug-likeness (QED) is 0.843. The van der Waals surface area contributed by atoms with Crippen molar-refractivity contribution < 1.29 is 4.74 Å². The first-order valence-corrected chi connectivity index (χ1v) is 5.56. The fraction of sp³-hybridized carbons (Fsp3) is 0.0769. The monoisotopic (exact) mass is 244 g/mol. The molecule has 1 aromatic carbocycles. The predicted molar refractivity (Wildman–Crippen MR) is 71.4 cm³/mol. The van der Waals surface area contributed by atoms with E-state index in [1.165, 1.54) is 0 Å². The summed E-state index contributed by atoms with van der Waals surface area (Å²) >= 11 is 4.99. The summed E-state index contributed by atoms with van der Waals surface area (Å²) in [4.78, 5) is 4.31. The molecule has 0 unspecified atom stereocenters. The topological polar surface area (TPSA) is 48.1 Å². The summed E-state index contributed by atoms with van der Waals surface area (Å²) in [5.41, 5.74) is 7.47. The minimum Gasteiger partial charge on any atom is -0.455 e. The largest absolute Gasteiger partial charge is 0.455 e. The van der Waals surface area contributed by atoms with Gasteiger partial charge >= 0.3 is 0 Å². The number of thiocarbonyl (C=S) groups is 1. The number of rotatable bonds is 3. The van der Waals surface area contributed by atoms with Crippen LogP contribution in [0.25, 0.3) is 0 Å². The Balaban J connectivity index is 2.37. The molecule has 3 nitrogen and oxygen atoms in total. The molecule has 0 bridgehead atoms. The van der Waals surface area contributed by atoms with Crippen molar-refractivity contribution in [3.8, 4) is 11.5 Å². The Morgan fingerprint density at radius 2 is 2.18 bits per heavy atom. The third kappa shape index (κ3) is 2.79. The van der Waals surface area contributed by atoms with Gasteiger partial charge in [-0.1, -0.05) is 18.3 Å². The highest BCUT2D eigenvalue weighted by Gasteiger charge is 2.07. The van der Waals surface area contributed by atoms with Crippen LogP contribution in [0.1, 0.15) is 11.1 Å². The molecule has 0 amide bonds. The molecule has 0 fully saturated rings. The molecular weight excluding hydrogens is 232 g/mol. The molecule has 2 N–H and O–H groups in total. The number of benzene rings is 1. The molecule has 0 saturated heterocycles. The summed E-state index contributed by atoms with van der Waals surface area (Å²) in [6.07, 6.45) is 3.34. The highest BCUT2D eigenvalue weighted by atomic mass is 32.1. The Kier molecular flexibility index (Phi) is 3.35. The number of aromatic nitrogens is 1. The number of hydrogen-bond acceptors (Lipinski definition) is 3. The number of nitrogens with zero attached hydrogens (tertiary/aromatic N) is 1. The molecule has 2 aromatic rings. The maximum Gasteiger partial charge on any atom is 0.145 e. The summed E-state index contributed by atoms with van der Waals surface area (Å²) in [7, 11) is 0. The fourth-order valence-corrected chi connectivity index (χ4v) is 1.62. The van der Waals surface area contributed by atoms with Gasteiger partial charge in [-0.05, 0) is 36.8 Å². The van der Waals surface area contributed by atoms with Crippen LogP contribution < -0.4 is 10.5 Å². The first-order valence-electron chi connectivity index (χ1n) is 5.15. The number of ether oxygens (including phenoxy) is 1. The Bertz CT molecular complexity index is 540. The summed E-state index contributed by atoms with van der Waals surface area (Å²) in [6.45, 7) is 1.99. The second-order valence-corrected chi connectivity index (χ2v) is 4.09. The van der Waals surface area contributed by atoms with Gasteiger partial charge in [0.15, 0.2) is 0 Å². The Hall–Kier alpha value is -1.94. The third-order valence-electron chi connectivity index (χ3n) is 2.26. The molecule has 0 atom stereocenters. The normalized spacial score (nSPS) is 9.94. The summed E-state index contributed by atoms with van der Waals surface area (Å²) in [6, 6.07) is 9.36. The lowest BCUT2D eigenvalue weighted by atomic mass is 10.1. The first-order chi connectivity index (χ1) is 8.16. The van der Waals surface area contributed by atoms with Gasteiger partial charge in [-0.15, -0.1) is 0 Å². The number of pyridine rings is 1. The lowest BCUT2D eigenvalue weighted by molar-refractivity contribution is 0.479. The molecule has 4 heteroatoms. The van der Waals surface area contributed by atoms with Crippen LogP contribution >= 0.6 is 12.2 Å². The standard InChI is InChI=1S/C13H12N2OS/c1-9-4-5-11(13(14)17)12(7-9)16-10-3-2-6-15-8-10/h2-8H,1H3,(H2,14,17). The van der Waals surface area contributed by atoms with E-state index in [0.29, 0.717) is 16.5 Å². The van der Waals surface area contributed by atoms with Gasteiger partial charge in [0, 0.05) is 6.20 Å². The zero-order chi connectivity index (χ0) is 12.3. The molecule has 1 heterocycles. The van der Waals surface area contributed by atoms with Gasteiger partial charge in [0.1, 0.15) is 16.5 Å². The van der Waals surface area contributed by atoms with E-state index < -0.39 is 0 Å². The van der Waals surface area contributed by atoms with Crippen molar-refractivity contribution in [2.45, 2.75) is 6.92 Å². The highest BCUT2D eigenvalue weighted by molar-refractivity contribution is 7.80. The lowest BCUT2D eigenvalue weighted by Crippen LogP contribution is -2.10. The molecule has 0 aliphatic carbocycles. The molecule has 86 valence electrons. The van der Waals surface area contributed by atoms with Crippen molar-refractivity contribution >= 4 is 17.2 Å². The highest BCUT2D eigenvalue weighted by Crippen LogP contribution is 2.25. The number of aryl methyl sites for hydroxylation is 1. The van der Waals surface area contributed by atoms with E-state index >= 15 is 0 Å². The second kappa shape index (κ2) is 4.93. The van der Waals surface area contributed by atoms with Crippen molar-refractivity contribution in [2.75, 3.05) is 0 Å². The van der Waals surface area contributed by atoms with E-state index in [4.69, 9.17) is 22.7 Å². The van der Waals surface area contributed by atoms with Crippen molar-refractivity contribution in [1.29, 1.82) is 0 Å². The molecule has 0 radical (unpaired) electrons. The molecule has 2 rings (SSSR count). The molecule has 0 aliphatic rings.